The van der Waals surface area contributed by atoms with E-state index in [0.717, 1.165) is 27.0 Å². The van der Waals surface area contributed by atoms with Gasteiger partial charge < -0.3 is 0 Å². The van der Waals surface area contributed by atoms with E-state index in [1.807, 2.05) is 60.8 Å². The van der Waals surface area contributed by atoms with Gasteiger partial charge in [-0.2, -0.15) is 0 Å². The number of hydrogen-bond acceptors (Lipinski definition) is 3. The summed E-state index contributed by atoms with van der Waals surface area (Å²) in [6.07, 6.45) is 0. The largest absolute Gasteiger partial charge is 0.268 e. The van der Waals surface area contributed by atoms with Crippen molar-refractivity contribution >= 4 is 55.6 Å². The second-order valence-corrected chi connectivity index (χ2v) is 8.69. The average Bonchev–Trinajstić information content (AvgIpc) is 3.20. The molecule has 0 unspecified atom stereocenters. The second kappa shape index (κ2) is 8.49. The van der Waals surface area contributed by atoms with Gasteiger partial charge in [-0.25, -0.2) is 4.98 Å². The lowest BCUT2D eigenvalue weighted by molar-refractivity contribution is 0.0999. The lowest BCUT2D eigenvalue weighted by Crippen LogP contribution is -2.25. The fraction of sp³-hybridized carbons (Fsp3) is 0.0435. The number of aromatic nitrogens is 1. The molecule has 0 bridgehead atoms. The zero-order valence-electron chi connectivity index (χ0n) is 15.5. The SMILES string of the molecule is Cc1ccc(N(C(=O)c2ccc(Cl)cc2)c2nc(-c3ccc(Br)cc3)cs2)cc1. The number of carbonyl (C=O) groups is 1. The highest BCUT2D eigenvalue weighted by Crippen LogP contribution is 2.34. The molecule has 1 heterocycles. The minimum atomic E-state index is -0.151. The molecule has 4 aromatic rings. The topological polar surface area (TPSA) is 33.2 Å². The van der Waals surface area contributed by atoms with Crippen LogP contribution in [-0.2, 0) is 0 Å². The summed E-state index contributed by atoms with van der Waals surface area (Å²) in [6.45, 7) is 2.02. The number of aryl methyl sites for hydroxylation is 1. The van der Waals surface area contributed by atoms with Crippen LogP contribution in [-0.4, -0.2) is 10.9 Å². The van der Waals surface area contributed by atoms with Crippen molar-refractivity contribution in [2.45, 2.75) is 6.92 Å². The quantitative estimate of drug-likeness (QED) is 0.301. The molecule has 0 radical (unpaired) electrons. The van der Waals surface area contributed by atoms with Crippen LogP contribution in [0, 0.1) is 6.92 Å². The van der Waals surface area contributed by atoms with Gasteiger partial charge in [0.1, 0.15) is 0 Å². The van der Waals surface area contributed by atoms with E-state index in [9.17, 15) is 4.79 Å². The van der Waals surface area contributed by atoms with Crippen LogP contribution in [0.4, 0.5) is 10.8 Å². The van der Waals surface area contributed by atoms with Crippen molar-refractivity contribution in [3.63, 3.8) is 0 Å². The fourth-order valence-electron chi connectivity index (χ4n) is 2.85. The Kier molecular flexibility index (Phi) is 5.81. The van der Waals surface area contributed by atoms with E-state index in [1.165, 1.54) is 11.3 Å². The van der Waals surface area contributed by atoms with E-state index in [2.05, 4.69) is 15.9 Å². The van der Waals surface area contributed by atoms with Gasteiger partial charge in [0.05, 0.1) is 11.4 Å². The Morgan fingerprint density at radius 3 is 2.28 bits per heavy atom. The molecule has 0 aliphatic carbocycles. The van der Waals surface area contributed by atoms with Gasteiger partial charge in [-0.3, -0.25) is 9.69 Å². The van der Waals surface area contributed by atoms with Crippen LogP contribution in [0.5, 0.6) is 0 Å². The molecular weight excluding hydrogens is 468 g/mol. The molecule has 1 amide bonds. The summed E-state index contributed by atoms with van der Waals surface area (Å²) >= 11 is 10.9. The molecule has 0 aliphatic heterocycles. The Labute approximate surface area is 186 Å². The minimum absolute atomic E-state index is 0.151. The monoisotopic (exact) mass is 482 g/mol. The summed E-state index contributed by atoms with van der Waals surface area (Å²) in [6, 6.07) is 22.7. The summed E-state index contributed by atoms with van der Waals surface area (Å²) < 4.78 is 1.01. The van der Waals surface area contributed by atoms with Gasteiger partial charge in [0.15, 0.2) is 5.13 Å². The average molecular weight is 484 g/mol. The first kappa shape index (κ1) is 19.8. The Morgan fingerprint density at radius 1 is 0.966 bits per heavy atom. The Bertz CT molecular complexity index is 1140. The maximum absolute atomic E-state index is 13.4. The third-order valence-electron chi connectivity index (χ3n) is 4.41. The van der Waals surface area contributed by atoms with E-state index in [0.29, 0.717) is 15.7 Å². The number of amides is 1. The first-order valence-electron chi connectivity index (χ1n) is 8.89. The van der Waals surface area contributed by atoms with Crippen molar-refractivity contribution in [1.82, 2.24) is 4.98 Å². The van der Waals surface area contributed by atoms with Gasteiger partial charge in [0.2, 0.25) is 0 Å². The van der Waals surface area contributed by atoms with Crippen LogP contribution in [0.15, 0.2) is 82.6 Å². The molecule has 0 atom stereocenters. The summed E-state index contributed by atoms with van der Waals surface area (Å²) in [5.74, 6) is -0.151. The van der Waals surface area contributed by atoms with Crippen molar-refractivity contribution in [3.8, 4) is 11.3 Å². The Morgan fingerprint density at radius 2 is 1.62 bits per heavy atom. The van der Waals surface area contributed by atoms with Crippen LogP contribution in [0.25, 0.3) is 11.3 Å². The van der Waals surface area contributed by atoms with Gasteiger partial charge in [-0.05, 0) is 55.5 Å². The second-order valence-electron chi connectivity index (χ2n) is 6.51. The number of carbonyl (C=O) groups excluding carboxylic acids is 1. The lowest BCUT2D eigenvalue weighted by atomic mass is 10.1. The van der Waals surface area contributed by atoms with E-state index < -0.39 is 0 Å². The zero-order chi connectivity index (χ0) is 20.4. The summed E-state index contributed by atoms with van der Waals surface area (Å²) in [5.41, 5.74) is 4.28. The third kappa shape index (κ3) is 4.42. The minimum Gasteiger partial charge on any atom is -0.268 e. The lowest BCUT2D eigenvalue weighted by Gasteiger charge is -2.20. The summed E-state index contributed by atoms with van der Waals surface area (Å²) in [7, 11) is 0. The van der Waals surface area contributed by atoms with Crippen LogP contribution in [0.3, 0.4) is 0 Å². The third-order valence-corrected chi connectivity index (χ3v) is 6.02. The van der Waals surface area contributed by atoms with Crippen molar-refractivity contribution in [3.05, 3.63) is 98.8 Å². The number of anilines is 2. The van der Waals surface area contributed by atoms with Gasteiger partial charge in [-0.15, -0.1) is 11.3 Å². The first-order chi connectivity index (χ1) is 14.0. The standard InChI is InChI=1S/C23H16BrClN2OS/c1-15-2-12-20(13-3-15)27(22(28)17-6-10-19(25)11-7-17)23-26-21(14-29-23)16-4-8-18(24)9-5-16/h2-14H,1H3. The van der Waals surface area contributed by atoms with Gasteiger partial charge >= 0.3 is 0 Å². The van der Waals surface area contributed by atoms with E-state index >= 15 is 0 Å². The van der Waals surface area contributed by atoms with Gasteiger partial charge in [0, 0.05) is 26.0 Å². The van der Waals surface area contributed by atoms with E-state index in [1.54, 1.807) is 29.2 Å². The summed E-state index contributed by atoms with van der Waals surface area (Å²) in [4.78, 5) is 19.8. The molecule has 4 rings (SSSR count). The molecule has 144 valence electrons. The zero-order valence-corrected chi connectivity index (χ0v) is 18.6. The normalized spacial score (nSPS) is 10.7. The maximum atomic E-state index is 13.4. The Hall–Kier alpha value is -2.47. The van der Waals surface area contributed by atoms with Gasteiger partial charge in [0.25, 0.3) is 5.91 Å². The number of thiazole rings is 1. The molecule has 0 N–H and O–H groups in total. The molecular formula is C23H16BrClN2OS. The van der Waals surface area contributed by atoms with Gasteiger partial charge in [-0.1, -0.05) is 57.4 Å². The molecule has 0 saturated heterocycles. The van der Waals surface area contributed by atoms with Crippen LogP contribution in [0.2, 0.25) is 5.02 Å². The first-order valence-corrected chi connectivity index (χ1v) is 10.9. The molecule has 0 fully saturated rings. The fourth-order valence-corrected chi connectivity index (χ4v) is 4.09. The van der Waals surface area contributed by atoms with Crippen molar-refractivity contribution in [1.29, 1.82) is 0 Å². The number of benzene rings is 3. The smallest absolute Gasteiger partial charge is 0.264 e. The van der Waals surface area contributed by atoms with Crippen molar-refractivity contribution < 1.29 is 4.79 Å². The highest BCUT2D eigenvalue weighted by molar-refractivity contribution is 9.10. The van der Waals surface area contributed by atoms with Crippen molar-refractivity contribution in [2.75, 3.05) is 4.90 Å². The molecule has 3 nitrogen and oxygen atoms in total. The number of rotatable bonds is 4. The molecule has 6 heteroatoms. The molecule has 0 saturated carbocycles. The van der Waals surface area contributed by atoms with Crippen molar-refractivity contribution in [2.24, 2.45) is 0 Å². The Balaban J connectivity index is 1.76. The number of hydrogen-bond donors (Lipinski definition) is 0. The molecule has 29 heavy (non-hydrogen) atoms. The maximum Gasteiger partial charge on any atom is 0.264 e. The highest BCUT2D eigenvalue weighted by atomic mass is 79.9. The predicted molar refractivity (Wildman–Crippen MR) is 124 cm³/mol. The number of nitrogens with zero attached hydrogens (tertiary/aromatic N) is 2. The van der Waals surface area contributed by atoms with E-state index in [-0.39, 0.29) is 5.91 Å². The molecule has 0 spiro atoms. The molecule has 1 aromatic heterocycles. The predicted octanol–water partition coefficient (Wildman–Crippen LogP) is 7.51. The molecule has 3 aromatic carbocycles. The van der Waals surface area contributed by atoms with Crippen LogP contribution < -0.4 is 4.90 Å². The van der Waals surface area contributed by atoms with Crippen LogP contribution in [0.1, 0.15) is 15.9 Å². The summed E-state index contributed by atoms with van der Waals surface area (Å²) in [5, 5.41) is 3.18. The van der Waals surface area contributed by atoms with E-state index in [4.69, 9.17) is 16.6 Å². The number of halogens is 2. The molecule has 0 aliphatic rings. The van der Waals surface area contributed by atoms with Crippen LogP contribution >= 0.6 is 38.9 Å². The highest BCUT2D eigenvalue weighted by Gasteiger charge is 2.23.